The highest BCUT2D eigenvalue weighted by molar-refractivity contribution is 6.04. The number of carbonyl (C=O) groups excluding carboxylic acids is 3. The second-order valence-electron chi connectivity index (χ2n) is 6.75. The third kappa shape index (κ3) is 7.56. The first kappa shape index (κ1) is 24.1. The van der Waals surface area contributed by atoms with E-state index < -0.39 is 11.9 Å². The molecule has 0 radical (unpaired) electrons. The van der Waals surface area contributed by atoms with Crippen LogP contribution < -0.4 is 21.7 Å². The van der Waals surface area contributed by atoms with E-state index in [0.29, 0.717) is 17.8 Å². The maximum absolute atomic E-state index is 12.5. The molecule has 0 bridgehead atoms. The zero-order valence-corrected chi connectivity index (χ0v) is 17.3. The molecule has 0 aromatic heterocycles. The molecule has 0 saturated heterocycles. The van der Waals surface area contributed by atoms with E-state index in [-0.39, 0.29) is 36.7 Å². The summed E-state index contributed by atoms with van der Waals surface area (Å²) in [6, 6.07) is 15.6. The van der Waals surface area contributed by atoms with E-state index in [1.54, 1.807) is 24.3 Å². The van der Waals surface area contributed by atoms with Gasteiger partial charge in [-0.15, -0.1) is 12.4 Å². The minimum atomic E-state index is -0.677. The summed E-state index contributed by atoms with van der Waals surface area (Å²) in [4.78, 5) is 36.5. The van der Waals surface area contributed by atoms with Crippen molar-refractivity contribution < 1.29 is 14.4 Å². The molecule has 0 aliphatic carbocycles. The number of hydrogen-bond donors (Lipinski definition) is 4. The minimum Gasteiger partial charge on any atom is -0.348 e. The van der Waals surface area contributed by atoms with Crippen LogP contribution in [0.15, 0.2) is 54.6 Å². The Morgan fingerprint density at radius 1 is 0.931 bits per heavy atom. The van der Waals surface area contributed by atoms with Gasteiger partial charge in [-0.3, -0.25) is 14.4 Å². The van der Waals surface area contributed by atoms with Crippen molar-refractivity contribution in [2.24, 2.45) is 11.7 Å². The van der Waals surface area contributed by atoms with Gasteiger partial charge in [0.15, 0.2) is 0 Å². The van der Waals surface area contributed by atoms with E-state index in [1.807, 2.05) is 44.2 Å². The second kappa shape index (κ2) is 11.8. The summed E-state index contributed by atoms with van der Waals surface area (Å²) in [6.45, 7) is 3.81. The lowest BCUT2D eigenvalue weighted by molar-refractivity contribution is -0.125. The van der Waals surface area contributed by atoms with Crippen LogP contribution in [0.5, 0.6) is 0 Å². The number of carbonyl (C=O) groups is 3. The van der Waals surface area contributed by atoms with Crippen LogP contribution in [0.4, 0.5) is 5.69 Å². The van der Waals surface area contributed by atoms with Gasteiger partial charge in [0.2, 0.25) is 11.8 Å². The molecular formula is C21H27ClN4O3. The Kier molecular flexibility index (Phi) is 9.85. The van der Waals surface area contributed by atoms with Gasteiger partial charge in [0.25, 0.3) is 5.91 Å². The molecule has 29 heavy (non-hydrogen) atoms. The van der Waals surface area contributed by atoms with E-state index in [0.717, 1.165) is 5.56 Å². The van der Waals surface area contributed by atoms with Crippen LogP contribution in [0.3, 0.4) is 0 Å². The first-order valence-electron chi connectivity index (χ1n) is 9.12. The van der Waals surface area contributed by atoms with E-state index in [1.165, 1.54) is 0 Å². The van der Waals surface area contributed by atoms with Crippen LogP contribution in [0, 0.1) is 5.92 Å². The van der Waals surface area contributed by atoms with E-state index >= 15 is 0 Å². The SMILES string of the molecule is CC(C)[C@H](N)C(=O)NCC(=O)Nc1ccccc1C(=O)NCc1ccccc1.Cl. The Bertz CT molecular complexity index is 828. The minimum absolute atomic E-state index is 0. The number of rotatable bonds is 8. The summed E-state index contributed by atoms with van der Waals surface area (Å²) < 4.78 is 0. The molecule has 1 atom stereocenters. The Balaban J connectivity index is 0.00000420. The molecule has 2 aromatic carbocycles. The molecule has 0 unspecified atom stereocenters. The Hall–Kier alpha value is -2.90. The lowest BCUT2D eigenvalue weighted by Crippen LogP contribution is -2.46. The molecule has 0 aliphatic rings. The van der Waals surface area contributed by atoms with Gasteiger partial charge < -0.3 is 21.7 Å². The molecular weight excluding hydrogens is 392 g/mol. The highest BCUT2D eigenvalue weighted by Crippen LogP contribution is 2.15. The molecule has 7 nitrogen and oxygen atoms in total. The number of para-hydroxylation sites is 1. The molecule has 0 saturated carbocycles. The fraction of sp³-hybridized carbons (Fsp3) is 0.286. The average molecular weight is 419 g/mol. The predicted molar refractivity (Wildman–Crippen MR) is 116 cm³/mol. The number of nitrogens with two attached hydrogens (primary N) is 1. The first-order valence-corrected chi connectivity index (χ1v) is 9.12. The van der Waals surface area contributed by atoms with Crippen molar-refractivity contribution in [3.63, 3.8) is 0 Å². The van der Waals surface area contributed by atoms with Crippen molar-refractivity contribution in [2.45, 2.75) is 26.4 Å². The lowest BCUT2D eigenvalue weighted by atomic mass is 10.1. The predicted octanol–water partition coefficient (Wildman–Crippen LogP) is 2.08. The first-order chi connectivity index (χ1) is 13.4. The third-order valence-electron chi connectivity index (χ3n) is 4.19. The van der Waals surface area contributed by atoms with Crippen molar-refractivity contribution in [1.29, 1.82) is 0 Å². The van der Waals surface area contributed by atoms with Crippen LogP contribution in [0.2, 0.25) is 0 Å². The number of amides is 3. The quantitative estimate of drug-likeness (QED) is 0.525. The van der Waals surface area contributed by atoms with Crippen LogP contribution in [-0.4, -0.2) is 30.3 Å². The Labute approximate surface area is 176 Å². The summed E-state index contributed by atoms with van der Waals surface area (Å²) in [5.41, 5.74) is 7.44. The Morgan fingerprint density at radius 3 is 2.21 bits per heavy atom. The Morgan fingerprint density at radius 2 is 1.55 bits per heavy atom. The number of halogens is 1. The standard InChI is InChI=1S/C21H26N4O3.ClH/c1-14(2)19(22)21(28)24-13-18(26)25-17-11-7-6-10-16(17)20(27)23-12-15-8-4-3-5-9-15;/h3-11,14,19H,12-13,22H2,1-2H3,(H,23,27)(H,24,28)(H,25,26);1H/t19-;/m0./s1. The van der Waals surface area contributed by atoms with E-state index in [4.69, 9.17) is 5.73 Å². The maximum Gasteiger partial charge on any atom is 0.253 e. The lowest BCUT2D eigenvalue weighted by Gasteiger charge is -2.15. The van der Waals surface area contributed by atoms with Gasteiger partial charge in [-0.1, -0.05) is 56.3 Å². The fourth-order valence-electron chi connectivity index (χ4n) is 2.45. The molecule has 2 rings (SSSR count). The number of benzene rings is 2. The summed E-state index contributed by atoms with van der Waals surface area (Å²) >= 11 is 0. The smallest absolute Gasteiger partial charge is 0.253 e. The van der Waals surface area contributed by atoms with E-state index in [2.05, 4.69) is 16.0 Å². The van der Waals surface area contributed by atoms with Crippen molar-refractivity contribution >= 4 is 35.8 Å². The van der Waals surface area contributed by atoms with Gasteiger partial charge in [0.05, 0.1) is 23.8 Å². The molecule has 3 amide bonds. The van der Waals surface area contributed by atoms with Gasteiger partial charge in [0.1, 0.15) is 0 Å². The van der Waals surface area contributed by atoms with Crippen molar-refractivity contribution in [2.75, 3.05) is 11.9 Å². The summed E-state index contributed by atoms with van der Waals surface area (Å²) in [5.74, 6) is -1.16. The van der Waals surface area contributed by atoms with Gasteiger partial charge in [-0.2, -0.15) is 0 Å². The molecule has 5 N–H and O–H groups in total. The summed E-state index contributed by atoms with van der Waals surface area (Å²) in [7, 11) is 0. The topological polar surface area (TPSA) is 113 Å². The molecule has 0 spiro atoms. The van der Waals surface area contributed by atoms with Gasteiger partial charge in [0, 0.05) is 6.54 Å². The van der Waals surface area contributed by atoms with Crippen LogP contribution in [-0.2, 0) is 16.1 Å². The summed E-state index contributed by atoms with van der Waals surface area (Å²) in [6.07, 6.45) is 0. The van der Waals surface area contributed by atoms with Crippen LogP contribution in [0.25, 0.3) is 0 Å². The third-order valence-corrected chi connectivity index (χ3v) is 4.19. The van der Waals surface area contributed by atoms with Gasteiger partial charge >= 0.3 is 0 Å². The average Bonchev–Trinajstić information content (AvgIpc) is 2.70. The molecule has 156 valence electrons. The van der Waals surface area contributed by atoms with E-state index in [9.17, 15) is 14.4 Å². The monoisotopic (exact) mass is 418 g/mol. The van der Waals surface area contributed by atoms with Crippen LogP contribution >= 0.6 is 12.4 Å². The largest absolute Gasteiger partial charge is 0.348 e. The van der Waals surface area contributed by atoms with Gasteiger partial charge in [-0.25, -0.2) is 0 Å². The highest BCUT2D eigenvalue weighted by atomic mass is 35.5. The highest BCUT2D eigenvalue weighted by Gasteiger charge is 2.18. The zero-order valence-electron chi connectivity index (χ0n) is 16.5. The van der Waals surface area contributed by atoms with Crippen molar-refractivity contribution in [3.8, 4) is 0 Å². The molecule has 2 aromatic rings. The second-order valence-corrected chi connectivity index (χ2v) is 6.75. The number of anilines is 1. The van der Waals surface area contributed by atoms with Crippen molar-refractivity contribution in [1.82, 2.24) is 10.6 Å². The fourth-order valence-corrected chi connectivity index (χ4v) is 2.45. The molecule has 8 heteroatoms. The molecule has 0 fully saturated rings. The maximum atomic E-state index is 12.5. The molecule has 0 heterocycles. The zero-order chi connectivity index (χ0) is 20.5. The number of hydrogen-bond acceptors (Lipinski definition) is 4. The van der Waals surface area contributed by atoms with Crippen LogP contribution in [0.1, 0.15) is 29.8 Å². The summed E-state index contributed by atoms with van der Waals surface area (Å²) in [5, 5.41) is 7.99. The van der Waals surface area contributed by atoms with Gasteiger partial charge in [-0.05, 0) is 23.6 Å². The number of nitrogens with one attached hydrogen (secondary N) is 3. The molecule has 0 aliphatic heterocycles. The van der Waals surface area contributed by atoms with Crippen molar-refractivity contribution in [3.05, 3.63) is 65.7 Å². The normalized spacial score (nSPS) is 11.2.